The average molecular weight is 219 g/mol. The van der Waals surface area contributed by atoms with E-state index >= 15 is 0 Å². The molecular formula is C13H14FNO. The van der Waals surface area contributed by atoms with Gasteiger partial charge in [0.15, 0.2) is 0 Å². The molecule has 84 valence electrons. The second-order valence-electron chi connectivity index (χ2n) is 3.80. The number of phenols is 1. The molecular weight excluding hydrogens is 205 g/mol. The highest BCUT2D eigenvalue weighted by Crippen LogP contribution is 2.32. The number of aromatic hydroxyl groups is 1. The molecule has 0 amide bonds. The highest BCUT2D eigenvalue weighted by molar-refractivity contribution is 5.88. The molecule has 2 aromatic carbocycles. The van der Waals surface area contributed by atoms with Gasteiger partial charge < -0.3 is 10.8 Å². The largest absolute Gasteiger partial charge is 0.508 e. The third-order valence-electron chi connectivity index (χ3n) is 2.74. The fourth-order valence-electron chi connectivity index (χ4n) is 1.94. The second kappa shape index (κ2) is 4.49. The smallest absolute Gasteiger partial charge is 0.120 e. The lowest BCUT2D eigenvalue weighted by molar-refractivity contribution is 0.426. The summed E-state index contributed by atoms with van der Waals surface area (Å²) in [5.74, 6) is 0.139. The number of rotatable bonds is 3. The molecule has 2 rings (SSSR count). The molecule has 3 heteroatoms. The normalized spacial score (nSPS) is 12.9. The molecule has 1 atom stereocenters. The first kappa shape index (κ1) is 10.9. The fraction of sp³-hybridized carbons (Fsp3) is 0.231. The van der Waals surface area contributed by atoms with E-state index in [1.165, 1.54) is 0 Å². The van der Waals surface area contributed by atoms with Gasteiger partial charge in [0.05, 0.1) is 6.67 Å². The van der Waals surface area contributed by atoms with Gasteiger partial charge in [-0.3, -0.25) is 4.39 Å². The summed E-state index contributed by atoms with van der Waals surface area (Å²) < 4.78 is 12.3. The Kier molecular flexibility index (Phi) is 3.06. The van der Waals surface area contributed by atoms with E-state index in [4.69, 9.17) is 5.73 Å². The van der Waals surface area contributed by atoms with Gasteiger partial charge in [-0.25, -0.2) is 0 Å². The number of benzene rings is 2. The molecule has 16 heavy (non-hydrogen) atoms. The van der Waals surface area contributed by atoms with Crippen molar-refractivity contribution in [2.75, 3.05) is 6.67 Å². The monoisotopic (exact) mass is 219 g/mol. The summed E-state index contributed by atoms with van der Waals surface area (Å²) in [6, 6.07) is 10.6. The van der Waals surface area contributed by atoms with Gasteiger partial charge in [0.1, 0.15) is 5.75 Å². The van der Waals surface area contributed by atoms with Crippen molar-refractivity contribution in [2.24, 2.45) is 5.73 Å². The minimum absolute atomic E-state index is 0.139. The number of phenolic OH excluding ortho intramolecular Hbond substituents is 1. The van der Waals surface area contributed by atoms with Gasteiger partial charge in [-0.05, 0) is 23.3 Å². The summed E-state index contributed by atoms with van der Waals surface area (Å²) in [6.07, 6.45) is 0.224. The number of nitrogens with two attached hydrogens (primary N) is 1. The first-order valence-corrected chi connectivity index (χ1v) is 5.26. The fourth-order valence-corrected chi connectivity index (χ4v) is 1.94. The Bertz CT molecular complexity index is 498. The van der Waals surface area contributed by atoms with Crippen LogP contribution >= 0.6 is 0 Å². The van der Waals surface area contributed by atoms with Crippen molar-refractivity contribution in [1.29, 1.82) is 0 Å². The molecule has 0 saturated carbocycles. The quantitative estimate of drug-likeness (QED) is 0.833. The zero-order valence-electron chi connectivity index (χ0n) is 8.86. The Morgan fingerprint density at radius 2 is 1.94 bits per heavy atom. The highest BCUT2D eigenvalue weighted by atomic mass is 19.1. The molecule has 0 radical (unpaired) electrons. The molecule has 0 spiro atoms. The van der Waals surface area contributed by atoms with Gasteiger partial charge in [-0.15, -0.1) is 0 Å². The lowest BCUT2D eigenvalue weighted by Gasteiger charge is -2.14. The SMILES string of the molecule is N[C@@H](CCF)c1c(O)ccc2ccccc12. The van der Waals surface area contributed by atoms with E-state index in [2.05, 4.69) is 0 Å². The van der Waals surface area contributed by atoms with E-state index in [9.17, 15) is 9.50 Å². The van der Waals surface area contributed by atoms with E-state index in [1.807, 2.05) is 30.3 Å². The maximum atomic E-state index is 12.3. The van der Waals surface area contributed by atoms with E-state index in [0.29, 0.717) is 5.56 Å². The standard InChI is InChI=1S/C13H14FNO/c14-8-7-11(15)13-10-4-2-1-3-9(10)5-6-12(13)16/h1-6,11,16H,7-8,15H2/t11-/m0/s1. The molecule has 2 nitrogen and oxygen atoms in total. The van der Waals surface area contributed by atoms with Crippen LogP contribution in [-0.4, -0.2) is 11.8 Å². The molecule has 0 aliphatic heterocycles. The van der Waals surface area contributed by atoms with E-state index in [1.54, 1.807) is 6.07 Å². The summed E-state index contributed by atoms with van der Waals surface area (Å²) >= 11 is 0. The second-order valence-corrected chi connectivity index (χ2v) is 3.80. The predicted octanol–water partition coefficient (Wildman–Crippen LogP) is 2.90. The van der Waals surface area contributed by atoms with Gasteiger partial charge in [0.25, 0.3) is 0 Å². The van der Waals surface area contributed by atoms with Crippen molar-refractivity contribution < 1.29 is 9.50 Å². The summed E-state index contributed by atoms with van der Waals surface area (Å²) in [5, 5.41) is 11.7. The Hall–Kier alpha value is -1.61. The van der Waals surface area contributed by atoms with Crippen LogP contribution in [0.5, 0.6) is 5.75 Å². The van der Waals surface area contributed by atoms with Gasteiger partial charge >= 0.3 is 0 Å². The topological polar surface area (TPSA) is 46.2 Å². The Morgan fingerprint density at radius 1 is 1.19 bits per heavy atom. The third kappa shape index (κ3) is 1.86. The van der Waals surface area contributed by atoms with Crippen LogP contribution in [0.1, 0.15) is 18.0 Å². The van der Waals surface area contributed by atoms with Crippen LogP contribution in [0.25, 0.3) is 10.8 Å². The van der Waals surface area contributed by atoms with Gasteiger partial charge in [-0.1, -0.05) is 30.3 Å². The summed E-state index contributed by atoms with van der Waals surface area (Å²) in [6.45, 7) is -0.482. The van der Waals surface area contributed by atoms with Crippen LogP contribution < -0.4 is 5.73 Å². The van der Waals surface area contributed by atoms with Crippen molar-refractivity contribution in [1.82, 2.24) is 0 Å². The molecule has 0 bridgehead atoms. The summed E-state index contributed by atoms with van der Waals surface area (Å²) in [5.41, 5.74) is 6.51. The third-order valence-corrected chi connectivity index (χ3v) is 2.74. The van der Waals surface area contributed by atoms with Crippen LogP contribution in [0, 0.1) is 0 Å². The first-order valence-electron chi connectivity index (χ1n) is 5.26. The number of halogens is 1. The molecule has 0 fully saturated rings. The minimum atomic E-state index is -0.482. The predicted molar refractivity (Wildman–Crippen MR) is 63.1 cm³/mol. The van der Waals surface area contributed by atoms with Crippen molar-refractivity contribution in [2.45, 2.75) is 12.5 Å². The molecule has 0 heterocycles. The van der Waals surface area contributed by atoms with Crippen LogP contribution in [0.4, 0.5) is 4.39 Å². The highest BCUT2D eigenvalue weighted by Gasteiger charge is 2.14. The van der Waals surface area contributed by atoms with Crippen molar-refractivity contribution >= 4 is 10.8 Å². The zero-order valence-corrected chi connectivity index (χ0v) is 8.86. The molecule has 2 aromatic rings. The average Bonchev–Trinajstić information content (AvgIpc) is 2.29. The van der Waals surface area contributed by atoms with Crippen LogP contribution in [0.2, 0.25) is 0 Å². The Labute approximate surface area is 93.5 Å². The molecule has 0 aliphatic rings. The summed E-state index contributed by atoms with van der Waals surface area (Å²) in [4.78, 5) is 0. The molecule has 0 unspecified atom stereocenters. The first-order chi connectivity index (χ1) is 7.74. The minimum Gasteiger partial charge on any atom is -0.508 e. The van der Waals surface area contributed by atoms with Gasteiger partial charge in [-0.2, -0.15) is 0 Å². The van der Waals surface area contributed by atoms with Crippen LogP contribution in [0.15, 0.2) is 36.4 Å². The molecule has 0 aromatic heterocycles. The molecule has 0 saturated heterocycles. The van der Waals surface area contributed by atoms with Crippen molar-refractivity contribution in [3.63, 3.8) is 0 Å². The number of alkyl halides is 1. The lowest BCUT2D eigenvalue weighted by Crippen LogP contribution is -2.11. The van der Waals surface area contributed by atoms with Crippen molar-refractivity contribution in [3.05, 3.63) is 42.0 Å². The van der Waals surface area contributed by atoms with Gasteiger partial charge in [0, 0.05) is 11.6 Å². The number of hydrogen-bond acceptors (Lipinski definition) is 2. The lowest BCUT2D eigenvalue weighted by atomic mass is 9.96. The Balaban J connectivity index is 2.61. The number of hydrogen-bond donors (Lipinski definition) is 2. The van der Waals surface area contributed by atoms with Gasteiger partial charge in [0.2, 0.25) is 0 Å². The number of fused-ring (bicyclic) bond motifs is 1. The molecule has 0 aliphatic carbocycles. The summed E-state index contributed by atoms with van der Waals surface area (Å²) in [7, 11) is 0. The van der Waals surface area contributed by atoms with Crippen LogP contribution in [-0.2, 0) is 0 Å². The van der Waals surface area contributed by atoms with E-state index in [-0.39, 0.29) is 12.2 Å². The van der Waals surface area contributed by atoms with E-state index < -0.39 is 12.7 Å². The maximum Gasteiger partial charge on any atom is 0.120 e. The Morgan fingerprint density at radius 3 is 2.69 bits per heavy atom. The molecule has 3 N–H and O–H groups in total. The maximum absolute atomic E-state index is 12.3. The van der Waals surface area contributed by atoms with Crippen molar-refractivity contribution in [3.8, 4) is 5.75 Å². The zero-order chi connectivity index (χ0) is 11.5. The van der Waals surface area contributed by atoms with E-state index in [0.717, 1.165) is 10.8 Å². The van der Waals surface area contributed by atoms with Crippen LogP contribution in [0.3, 0.4) is 0 Å².